The largest absolute Gasteiger partial charge is 0.586 e. The van der Waals surface area contributed by atoms with E-state index in [2.05, 4.69) is 58.2 Å². The number of alkyl halides is 2. The lowest BCUT2D eigenvalue weighted by molar-refractivity contribution is -0.286. The monoisotopic (exact) mass is 568 g/mol. The zero-order chi connectivity index (χ0) is 29.3. The first-order chi connectivity index (χ1) is 20.4. The summed E-state index contributed by atoms with van der Waals surface area (Å²) in [6.45, 7) is 7.91. The molecule has 6 rings (SSSR count). The second kappa shape index (κ2) is 11.6. The molecule has 3 aliphatic rings. The molecule has 3 heterocycles. The molecule has 3 aromatic rings. The Kier molecular flexibility index (Phi) is 7.69. The van der Waals surface area contributed by atoms with E-state index in [1.807, 2.05) is 47.4 Å². The maximum atomic E-state index is 14.8. The van der Waals surface area contributed by atoms with Gasteiger partial charge in [-0.05, 0) is 41.7 Å². The van der Waals surface area contributed by atoms with E-state index in [4.69, 9.17) is 0 Å². The first-order valence-electron chi connectivity index (χ1n) is 14.4. The molecular weight excluding hydrogens is 534 g/mol. The summed E-state index contributed by atoms with van der Waals surface area (Å²) in [4.78, 5) is 19.0. The van der Waals surface area contributed by atoms with Crippen LogP contribution in [0.4, 0.5) is 8.78 Å². The number of rotatable bonds is 8. The zero-order valence-corrected chi connectivity index (χ0v) is 23.6. The Morgan fingerprint density at radius 3 is 2.31 bits per heavy atom. The molecule has 0 N–H and O–H groups in total. The number of benzene rings is 3. The highest BCUT2D eigenvalue weighted by molar-refractivity contribution is 5.97. The topological polar surface area (TPSA) is 42.0 Å². The van der Waals surface area contributed by atoms with Gasteiger partial charge >= 0.3 is 6.29 Å². The van der Waals surface area contributed by atoms with E-state index in [1.165, 1.54) is 11.6 Å². The third-order valence-electron chi connectivity index (χ3n) is 8.25. The van der Waals surface area contributed by atoms with Crippen LogP contribution >= 0.6 is 0 Å². The third-order valence-corrected chi connectivity index (χ3v) is 8.25. The van der Waals surface area contributed by atoms with Crippen molar-refractivity contribution in [2.24, 2.45) is 5.92 Å². The maximum absolute atomic E-state index is 14.8. The van der Waals surface area contributed by atoms with Gasteiger partial charge < -0.3 is 14.4 Å². The summed E-state index contributed by atoms with van der Waals surface area (Å²) in [7, 11) is 0. The fraction of sp³-hybridized carbons (Fsp3) is 0.286. The van der Waals surface area contributed by atoms with Gasteiger partial charge in [0.2, 0.25) is 0 Å². The molecule has 42 heavy (non-hydrogen) atoms. The summed E-state index contributed by atoms with van der Waals surface area (Å²) in [6, 6.07) is 24.9. The maximum Gasteiger partial charge on any atom is 0.586 e. The van der Waals surface area contributed by atoms with Gasteiger partial charge in [-0.1, -0.05) is 91.4 Å². The Balaban J connectivity index is 1.36. The fourth-order valence-electron chi connectivity index (χ4n) is 6.34. The number of allylic oxidation sites excluding steroid dienone is 2. The highest BCUT2D eigenvalue weighted by Gasteiger charge is 2.43. The highest BCUT2D eigenvalue weighted by Crippen LogP contribution is 2.43. The number of fused-ring (bicyclic) bond motifs is 1. The van der Waals surface area contributed by atoms with Crippen molar-refractivity contribution in [3.63, 3.8) is 0 Å². The van der Waals surface area contributed by atoms with Gasteiger partial charge in [-0.25, -0.2) is 0 Å². The van der Waals surface area contributed by atoms with Crippen molar-refractivity contribution in [2.45, 2.75) is 45.1 Å². The van der Waals surface area contributed by atoms with Crippen LogP contribution in [0.25, 0.3) is 0 Å². The van der Waals surface area contributed by atoms with E-state index in [0.29, 0.717) is 19.5 Å². The Bertz CT molecular complexity index is 1490. The quantitative estimate of drug-likeness (QED) is 0.262. The van der Waals surface area contributed by atoms with Gasteiger partial charge in [0.25, 0.3) is 5.91 Å². The van der Waals surface area contributed by atoms with E-state index < -0.39 is 6.29 Å². The summed E-state index contributed by atoms with van der Waals surface area (Å²) >= 11 is 0. The van der Waals surface area contributed by atoms with Crippen LogP contribution in [0.5, 0.6) is 11.5 Å². The molecule has 7 heteroatoms. The van der Waals surface area contributed by atoms with Gasteiger partial charge in [-0.15, -0.1) is 15.4 Å². The van der Waals surface area contributed by atoms with Crippen molar-refractivity contribution in [2.75, 3.05) is 13.1 Å². The Morgan fingerprint density at radius 1 is 1.00 bits per heavy atom. The van der Waals surface area contributed by atoms with Crippen molar-refractivity contribution in [3.05, 3.63) is 131 Å². The molecule has 0 radical (unpaired) electrons. The molecular formula is C35H34F2N2O3. The molecule has 0 fully saturated rings. The molecule has 0 spiro atoms. The smallest absolute Gasteiger partial charge is 0.395 e. The predicted molar refractivity (Wildman–Crippen MR) is 158 cm³/mol. The first kappa shape index (κ1) is 27.9. The SMILES string of the molecule is C=CCC1=CC(CC)C2=C(CN(Cc3ccc4c(c3)OC(F)(F)O4)CC2)C(=O)N1C(c1ccccc1)c1ccccc1. The second-order valence-electron chi connectivity index (χ2n) is 11.0. The number of carbonyl (C=O) groups is 1. The average molecular weight is 569 g/mol. The average Bonchev–Trinajstić information content (AvgIpc) is 3.26. The molecule has 0 aliphatic carbocycles. The van der Waals surface area contributed by atoms with Gasteiger partial charge in [-0.2, -0.15) is 0 Å². The van der Waals surface area contributed by atoms with Gasteiger partial charge in [0.1, 0.15) is 0 Å². The summed E-state index contributed by atoms with van der Waals surface area (Å²) in [6.07, 6.45) is 2.71. The number of nitrogens with zero attached hydrogens (tertiary/aromatic N) is 2. The molecule has 0 saturated heterocycles. The minimum absolute atomic E-state index is 0.00165. The number of halogens is 2. The van der Waals surface area contributed by atoms with Crippen molar-refractivity contribution in [3.8, 4) is 11.5 Å². The predicted octanol–water partition coefficient (Wildman–Crippen LogP) is 7.63. The van der Waals surface area contributed by atoms with Crippen LogP contribution in [0.1, 0.15) is 48.9 Å². The standard InChI is InChI=1S/C35H34F2N2O3/c1-3-11-28-21-25(4-2)29-18-19-38(22-24-16-17-31-32(20-24)42-35(36,37)41-31)23-30(29)34(40)39(28)33(26-12-7-5-8-13-26)27-14-9-6-10-15-27/h3,5-10,12-17,20-21,25,33H,1,4,11,18-19,22-23H2,2H3. The molecule has 1 atom stereocenters. The molecule has 0 bridgehead atoms. The van der Waals surface area contributed by atoms with Crippen LogP contribution in [-0.4, -0.2) is 35.1 Å². The van der Waals surface area contributed by atoms with Gasteiger partial charge in [-0.3, -0.25) is 9.69 Å². The number of hydrogen-bond acceptors (Lipinski definition) is 4. The van der Waals surface area contributed by atoms with Crippen molar-refractivity contribution in [1.82, 2.24) is 9.80 Å². The molecule has 0 saturated carbocycles. The third kappa shape index (κ3) is 5.49. The normalized spacial score (nSPS) is 19.9. The fourth-order valence-corrected chi connectivity index (χ4v) is 6.34. The summed E-state index contributed by atoms with van der Waals surface area (Å²) in [5.74, 6) is 0.207. The van der Waals surface area contributed by atoms with E-state index in [0.717, 1.165) is 47.3 Å². The number of carbonyl (C=O) groups excluding carboxylic acids is 1. The van der Waals surface area contributed by atoms with Crippen LogP contribution in [0.2, 0.25) is 0 Å². The van der Waals surface area contributed by atoms with Crippen LogP contribution < -0.4 is 9.47 Å². The van der Waals surface area contributed by atoms with Crippen LogP contribution in [0, 0.1) is 5.92 Å². The number of ether oxygens (including phenoxy) is 2. The molecule has 5 nitrogen and oxygen atoms in total. The summed E-state index contributed by atoms with van der Waals surface area (Å²) < 4.78 is 36.4. The van der Waals surface area contributed by atoms with Gasteiger partial charge in [0.15, 0.2) is 11.5 Å². The van der Waals surface area contributed by atoms with E-state index in [-0.39, 0.29) is 29.4 Å². The van der Waals surface area contributed by atoms with Crippen LogP contribution in [-0.2, 0) is 11.3 Å². The number of hydrogen-bond donors (Lipinski definition) is 0. The van der Waals surface area contributed by atoms with Gasteiger partial charge in [0, 0.05) is 43.2 Å². The minimum Gasteiger partial charge on any atom is -0.395 e. The molecule has 216 valence electrons. The van der Waals surface area contributed by atoms with E-state index in [9.17, 15) is 13.6 Å². The Morgan fingerprint density at radius 2 is 1.67 bits per heavy atom. The van der Waals surface area contributed by atoms with Gasteiger partial charge in [0.05, 0.1) is 6.04 Å². The number of amides is 1. The van der Waals surface area contributed by atoms with Crippen molar-refractivity contribution < 1.29 is 23.0 Å². The Hall–Kier alpha value is -4.23. The Labute approximate surface area is 245 Å². The van der Waals surface area contributed by atoms with E-state index in [1.54, 1.807) is 12.1 Å². The molecule has 1 amide bonds. The lowest BCUT2D eigenvalue weighted by Crippen LogP contribution is -2.41. The zero-order valence-electron chi connectivity index (χ0n) is 23.6. The van der Waals surface area contributed by atoms with Crippen molar-refractivity contribution in [1.29, 1.82) is 0 Å². The molecule has 3 aliphatic heterocycles. The minimum atomic E-state index is -3.65. The molecule has 0 aromatic heterocycles. The summed E-state index contributed by atoms with van der Waals surface area (Å²) in [5, 5.41) is 0. The van der Waals surface area contributed by atoms with E-state index >= 15 is 0 Å². The van der Waals surface area contributed by atoms with Crippen LogP contribution in [0.3, 0.4) is 0 Å². The molecule has 3 aromatic carbocycles. The second-order valence-corrected chi connectivity index (χ2v) is 11.0. The van der Waals surface area contributed by atoms with Crippen molar-refractivity contribution >= 4 is 5.91 Å². The first-order valence-corrected chi connectivity index (χ1v) is 14.4. The molecule has 1 unspecified atom stereocenters. The lowest BCUT2D eigenvalue weighted by Gasteiger charge is -2.36. The highest BCUT2D eigenvalue weighted by atomic mass is 19.3. The lowest BCUT2D eigenvalue weighted by atomic mass is 9.86. The van der Waals surface area contributed by atoms with Crippen LogP contribution in [0.15, 0.2) is 114 Å². The summed E-state index contributed by atoms with van der Waals surface area (Å²) in [5.41, 5.74) is 5.85.